The van der Waals surface area contributed by atoms with Gasteiger partial charge in [-0.2, -0.15) is 25.4 Å². The van der Waals surface area contributed by atoms with E-state index < -0.39 is 15.3 Å². The van der Waals surface area contributed by atoms with E-state index in [0.717, 1.165) is 31.4 Å². The van der Waals surface area contributed by atoms with Gasteiger partial charge in [-0.15, -0.1) is 0 Å². The molecule has 0 atom stereocenters. The number of rotatable bonds is 6. The van der Waals surface area contributed by atoms with Crippen molar-refractivity contribution in [2.45, 2.75) is 50.9 Å². The molecule has 1 saturated carbocycles. The lowest BCUT2D eigenvalue weighted by Crippen LogP contribution is -2.50. The maximum absolute atomic E-state index is 13.3. The number of thiophene rings is 1. The van der Waals surface area contributed by atoms with Crippen LogP contribution in [0, 0.1) is 0 Å². The van der Waals surface area contributed by atoms with Crippen LogP contribution in [0.2, 0.25) is 0 Å². The molecule has 164 valence electrons. The summed E-state index contributed by atoms with van der Waals surface area (Å²) in [5.41, 5.74) is 1.11. The molecule has 4 rings (SSSR count). The van der Waals surface area contributed by atoms with Crippen LogP contribution in [0.4, 0.5) is 5.69 Å². The van der Waals surface area contributed by atoms with E-state index in [-0.39, 0.29) is 11.7 Å². The zero-order valence-electron chi connectivity index (χ0n) is 17.4. The van der Waals surface area contributed by atoms with Crippen LogP contribution in [-0.4, -0.2) is 60.0 Å². The Kier molecular flexibility index (Phi) is 6.17. The van der Waals surface area contributed by atoms with E-state index >= 15 is 0 Å². The van der Waals surface area contributed by atoms with Crippen LogP contribution in [0.1, 0.15) is 39.5 Å². The van der Waals surface area contributed by atoms with Crippen molar-refractivity contribution >= 4 is 27.0 Å². The van der Waals surface area contributed by atoms with Gasteiger partial charge in [0.2, 0.25) is 15.8 Å². The number of aromatic nitrogens is 2. The zero-order chi connectivity index (χ0) is 21.3. The van der Waals surface area contributed by atoms with Crippen LogP contribution >= 0.6 is 11.3 Å². The van der Waals surface area contributed by atoms with Crippen LogP contribution < -0.4 is 15.2 Å². The van der Waals surface area contributed by atoms with Crippen LogP contribution in [0.5, 0.6) is 5.75 Å². The summed E-state index contributed by atoms with van der Waals surface area (Å²) in [7, 11) is -3.28. The maximum atomic E-state index is 13.3. The summed E-state index contributed by atoms with van der Waals surface area (Å²) in [4.78, 5) is 15.3. The van der Waals surface area contributed by atoms with E-state index in [2.05, 4.69) is 5.10 Å². The molecule has 0 aromatic carbocycles. The number of anilines is 1. The molecule has 0 N–H and O–H groups in total. The fourth-order valence-electron chi connectivity index (χ4n) is 3.98. The Bertz CT molecular complexity index is 1020. The van der Waals surface area contributed by atoms with Gasteiger partial charge in [0.25, 0.3) is 0 Å². The van der Waals surface area contributed by atoms with Gasteiger partial charge in [-0.05, 0) is 51.0 Å². The molecule has 0 amide bonds. The minimum atomic E-state index is -3.28. The van der Waals surface area contributed by atoms with Crippen LogP contribution in [-0.2, 0) is 10.0 Å². The first-order valence-corrected chi connectivity index (χ1v) is 12.9. The SMILES string of the molecule is CC(C)S(=O)(=O)N1CCN(c2cnn(-c3ccsc3)c(=O)c2OC2CCCC2)CC1. The number of piperazine rings is 1. The number of hydrogen-bond donors (Lipinski definition) is 0. The average molecular weight is 453 g/mol. The van der Waals surface area contributed by atoms with Crippen molar-refractivity contribution in [1.29, 1.82) is 0 Å². The van der Waals surface area contributed by atoms with Gasteiger partial charge >= 0.3 is 5.56 Å². The average Bonchev–Trinajstić information content (AvgIpc) is 3.44. The second-order valence-corrected chi connectivity index (χ2v) is 11.3. The molecule has 2 aromatic rings. The monoisotopic (exact) mass is 452 g/mol. The lowest BCUT2D eigenvalue weighted by molar-refractivity contribution is 0.205. The summed E-state index contributed by atoms with van der Waals surface area (Å²) < 4.78 is 34.1. The van der Waals surface area contributed by atoms with Crippen molar-refractivity contribution in [3.8, 4) is 11.4 Å². The van der Waals surface area contributed by atoms with Gasteiger partial charge in [0.1, 0.15) is 5.69 Å². The highest BCUT2D eigenvalue weighted by Gasteiger charge is 2.31. The van der Waals surface area contributed by atoms with Gasteiger partial charge in [-0.25, -0.2) is 8.42 Å². The van der Waals surface area contributed by atoms with Crippen molar-refractivity contribution < 1.29 is 13.2 Å². The molecule has 2 aromatic heterocycles. The zero-order valence-corrected chi connectivity index (χ0v) is 19.0. The lowest BCUT2D eigenvalue weighted by Gasteiger charge is -2.36. The first-order valence-electron chi connectivity index (χ1n) is 10.4. The highest BCUT2D eigenvalue weighted by Crippen LogP contribution is 2.30. The molecule has 10 heteroatoms. The van der Waals surface area contributed by atoms with Gasteiger partial charge < -0.3 is 9.64 Å². The topological polar surface area (TPSA) is 84.7 Å². The number of ether oxygens (including phenoxy) is 1. The lowest BCUT2D eigenvalue weighted by atomic mass is 10.2. The molecule has 1 aliphatic carbocycles. The van der Waals surface area contributed by atoms with Gasteiger partial charge in [0, 0.05) is 31.6 Å². The predicted octanol–water partition coefficient (Wildman–Crippen LogP) is 2.48. The van der Waals surface area contributed by atoms with E-state index in [1.807, 2.05) is 21.7 Å². The predicted molar refractivity (Wildman–Crippen MR) is 118 cm³/mol. The van der Waals surface area contributed by atoms with Gasteiger partial charge in [-0.1, -0.05) is 0 Å². The molecule has 1 saturated heterocycles. The summed E-state index contributed by atoms with van der Waals surface area (Å²) in [5.74, 6) is 0.322. The Balaban J connectivity index is 1.63. The smallest absolute Gasteiger partial charge is 0.316 e. The van der Waals surface area contributed by atoms with Crippen molar-refractivity contribution in [3.63, 3.8) is 0 Å². The molecule has 2 aliphatic rings. The van der Waals surface area contributed by atoms with Crippen molar-refractivity contribution in [2.24, 2.45) is 0 Å². The molecule has 0 radical (unpaired) electrons. The highest BCUT2D eigenvalue weighted by molar-refractivity contribution is 7.89. The van der Waals surface area contributed by atoms with E-state index in [0.29, 0.717) is 37.6 Å². The van der Waals surface area contributed by atoms with Crippen LogP contribution in [0.25, 0.3) is 5.69 Å². The third-order valence-corrected chi connectivity index (χ3v) is 8.73. The minimum Gasteiger partial charge on any atom is -0.483 e. The Morgan fingerprint density at radius 3 is 2.47 bits per heavy atom. The van der Waals surface area contributed by atoms with Gasteiger partial charge in [0.15, 0.2) is 0 Å². The Hall–Kier alpha value is -1.91. The quantitative estimate of drug-likeness (QED) is 0.669. The normalized spacial score (nSPS) is 19.0. The van der Waals surface area contributed by atoms with Crippen molar-refractivity contribution in [2.75, 3.05) is 31.1 Å². The third-order valence-electron chi connectivity index (χ3n) is 5.79. The fourth-order valence-corrected chi connectivity index (χ4v) is 5.86. The molecule has 0 spiro atoms. The van der Waals surface area contributed by atoms with Crippen molar-refractivity contribution in [1.82, 2.24) is 14.1 Å². The first-order chi connectivity index (χ1) is 14.4. The van der Waals surface area contributed by atoms with Crippen LogP contribution in [0.3, 0.4) is 0 Å². The molecule has 3 heterocycles. The summed E-state index contributed by atoms with van der Waals surface area (Å²) in [6.07, 6.45) is 5.82. The summed E-state index contributed by atoms with van der Waals surface area (Å²) in [6, 6.07) is 1.85. The molecule has 1 aliphatic heterocycles. The third kappa shape index (κ3) is 4.13. The largest absolute Gasteiger partial charge is 0.483 e. The van der Waals surface area contributed by atoms with Gasteiger partial charge in [0.05, 0.1) is 23.2 Å². The Morgan fingerprint density at radius 1 is 1.17 bits per heavy atom. The number of nitrogens with zero attached hydrogens (tertiary/aromatic N) is 4. The Morgan fingerprint density at radius 2 is 1.87 bits per heavy atom. The summed E-state index contributed by atoms with van der Waals surface area (Å²) in [6.45, 7) is 5.16. The molecular formula is C20H28N4O4S2. The molecule has 0 unspecified atom stereocenters. The minimum absolute atomic E-state index is 0.0392. The van der Waals surface area contributed by atoms with E-state index in [9.17, 15) is 13.2 Å². The summed E-state index contributed by atoms with van der Waals surface area (Å²) >= 11 is 1.51. The van der Waals surface area contributed by atoms with Crippen LogP contribution in [0.15, 0.2) is 27.8 Å². The van der Waals surface area contributed by atoms with Gasteiger partial charge in [-0.3, -0.25) is 4.79 Å². The maximum Gasteiger partial charge on any atom is 0.316 e. The van der Waals surface area contributed by atoms with E-state index in [1.165, 1.54) is 20.3 Å². The Labute approximate surface area is 181 Å². The highest BCUT2D eigenvalue weighted by atomic mass is 32.2. The number of sulfonamides is 1. The second kappa shape index (κ2) is 8.68. The second-order valence-electron chi connectivity index (χ2n) is 8.06. The van der Waals surface area contributed by atoms with Crippen molar-refractivity contribution in [3.05, 3.63) is 33.4 Å². The summed E-state index contributed by atoms with van der Waals surface area (Å²) in [5, 5.41) is 7.73. The fraction of sp³-hybridized carbons (Fsp3) is 0.600. The molecule has 2 fully saturated rings. The molecular weight excluding hydrogens is 424 g/mol. The van der Waals surface area contributed by atoms with E-state index in [4.69, 9.17) is 4.74 Å². The van der Waals surface area contributed by atoms with E-state index in [1.54, 1.807) is 20.0 Å². The number of hydrogen-bond acceptors (Lipinski definition) is 7. The molecule has 0 bridgehead atoms. The molecule has 8 nitrogen and oxygen atoms in total. The standard InChI is InChI=1S/C20H28N4O4S2/c1-15(2)30(26,27)23-10-8-22(9-11-23)18-13-21-24(16-7-12-29-14-16)20(25)19(18)28-17-5-3-4-6-17/h7,12-15,17H,3-6,8-11H2,1-2H3. The molecule has 30 heavy (non-hydrogen) atoms. The first kappa shape index (κ1) is 21.3.